The van der Waals surface area contributed by atoms with Crippen molar-refractivity contribution in [2.24, 2.45) is 0 Å². The predicted molar refractivity (Wildman–Crippen MR) is 75.0 cm³/mol. The van der Waals surface area contributed by atoms with E-state index < -0.39 is 17.8 Å². The molecule has 0 aliphatic rings. The van der Waals surface area contributed by atoms with Gasteiger partial charge in [-0.15, -0.1) is 0 Å². The Hall–Kier alpha value is -2.96. The fraction of sp³-hybridized carbons (Fsp3) is 0.0714. The number of pyridine rings is 1. The van der Waals surface area contributed by atoms with Gasteiger partial charge in [-0.3, -0.25) is 4.98 Å². The number of carbonyl (C=O) groups is 2. The number of carboxylic acid groups (broad SMARTS) is 1. The number of aryl methyl sites for hydroxylation is 1. The van der Waals surface area contributed by atoms with Gasteiger partial charge in [0, 0.05) is 6.20 Å². The summed E-state index contributed by atoms with van der Waals surface area (Å²) in [4.78, 5) is 26.7. The second kappa shape index (κ2) is 6.00. The SMILES string of the molecule is Cc1ccncc1NC(=O)Nc1cc(F)ccc1C(=O)O. The zero-order valence-electron chi connectivity index (χ0n) is 11.1. The van der Waals surface area contributed by atoms with E-state index in [9.17, 15) is 14.0 Å². The maximum Gasteiger partial charge on any atom is 0.337 e. The molecule has 2 amide bonds. The highest BCUT2D eigenvalue weighted by Gasteiger charge is 2.14. The van der Waals surface area contributed by atoms with E-state index in [2.05, 4.69) is 15.6 Å². The van der Waals surface area contributed by atoms with E-state index in [1.54, 1.807) is 19.2 Å². The smallest absolute Gasteiger partial charge is 0.337 e. The fourth-order valence-electron chi connectivity index (χ4n) is 1.68. The lowest BCUT2D eigenvalue weighted by Gasteiger charge is -2.11. The van der Waals surface area contributed by atoms with Gasteiger partial charge in [0.15, 0.2) is 0 Å². The Morgan fingerprint density at radius 3 is 2.57 bits per heavy atom. The van der Waals surface area contributed by atoms with Crippen LogP contribution >= 0.6 is 0 Å². The Bertz CT molecular complexity index is 704. The van der Waals surface area contributed by atoms with Gasteiger partial charge in [0.1, 0.15) is 5.82 Å². The van der Waals surface area contributed by atoms with Crippen LogP contribution < -0.4 is 10.6 Å². The molecule has 0 radical (unpaired) electrons. The Balaban J connectivity index is 2.18. The monoisotopic (exact) mass is 289 g/mol. The number of carboxylic acids is 1. The number of urea groups is 1. The van der Waals surface area contributed by atoms with Gasteiger partial charge >= 0.3 is 12.0 Å². The average Bonchev–Trinajstić information content (AvgIpc) is 2.41. The third kappa shape index (κ3) is 3.53. The lowest BCUT2D eigenvalue weighted by Crippen LogP contribution is -2.21. The summed E-state index contributed by atoms with van der Waals surface area (Å²) in [6.45, 7) is 1.78. The first kappa shape index (κ1) is 14.4. The number of carbonyl (C=O) groups excluding carboxylic acids is 1. The van der Waals surface area contributed by atoms with Crippen LogP contribution in [0.5, 0.6) is 0 Å². The Morgan fingerprint density at radius 1 is 1.19 bits per heavy atom. The zero-order valence-corrected chi connectivity index (χ0v) is 11.1. The lowest BCUT2D eigenvalue weighted by atomic mass is 10.2. The summed E-state index contributed by atoms with van der Waals surface area (Å²) in [7, 11) is 0. The van der Waals surface area contributed by atoms with Gasteiger partial charge < -0.3 is 15.7 Å². The number of amides is 2. The molecule has 21 heavy (non-hydrogen) atoms. The number of anilines is 2. The molecule has 2 aromatic rings. The summed E-state index contributed by atoms with van der Waals surface area (Å²) in [5, 5.41) is 13.8. The minimum Gasteiger partial charge on any atom is -0.478 e. The van der Waals surface area contributed by atoms with Crippen LogP contribution in [0.15, 0.2) is 36.7 Å². The third-order valence-corrected chi connectivity index (χ3v) is 2.75. The fourth-order valence-corrected chi connectivity index (χ4v) is 1.68. The van der Waals surface area contributed by atoms with Crippen LogP contribution in [0.2, 0.25) is 0 Å². The van der Waals surface area contributed by atoms with Gasteiger partial charge in [0.2, 0.25) is 0 Å². The van der Waals surface area contributed by atoms with Crippen LogP contribution in [0.3, 0.4) is 0 Å². The van der Waals surface area contributed by atoms with Crippen molar-refractivity contribution in [3.63, 3.8) is 0 Å². The summed E-state index contributed by atoms with van der Waals surface area (Å²) in [6.07, 6.45) is 3.03. The standard InChI is InChI=1S/C14H12FN3O3/c1-8-4-5-16-7-12(8)18-14(21)17-11-6-9(15)2-3-10(11)13(19)20/h2-7H,1H3,(H,19,20)(H2,17,18,21). The Morgan fingerprint density at radius 2 is 1.90 bits per heavy atom. The highest BCUT2D eigenvalue weighted by atomic mass is 19.1. The number of benzene rings is 1. The van der Waals surface area contributed by atoms with Crippen LogP contribution in [-0.4, -0.2) is 22.1 Å². The van der Waals surface area contributed by atoms with Crippen LogP contribution in [0.4, 0.5) is 20.6 Å². The normalized spacial score (nSPS) is 10.0. The van der Waals surface area contributed by atoms with Crippen molar-refractivity contribution in [2.45, 2.75) is 6.92 Å². The molecule has 0 aliphatic carbocycles. The van der Waals surface area contributed by atoms with Crippen LogP contribution in [0.25, 0.3) is 0 Å². The molecule has 0 unspecified atom stereocenters. The minimum atomic E-state index is -1.26. The van der Waals surface area contributed by atoms with Crippen molar-refractivity contribution >= 4 is 23.4 Å². The van der Waals surface area contributed by atoms with E-state index in [1.807, 2.05) is 0 Å². The molecule has 7 heteroatoms. The third-order valence-electron chi connectivity index (χ3n) is 2.75. The molecular formula is C14H12FN3O3. The molecule has 108 valence electrons. The van der Waals surface area contributed by atoms with Gasteiger partial charge in [-0.2, -0.15) is 0 Å². The molecular weight excluding hydrogens is 277 g/mol. The average molecular weight is 289 g/mol. The van der Waals surface area contributed by atoms with E-state index in [4.69, 9.17) is 5.11 Å². The Kier molecular flexibility index (Phi) is 4.13. The minimum absolute atomic E-state index is 0.124. The highest BCUT2D eigenvalue weighted by molar-refractivity contribution is 6.04. The van der Waals surface area contributed by atoms with Crippen molar-refractivity contribution in [1.29, 1.82) is 0 Å². The maximum atomic E-state index is 13.2. The number of halogens is 1. The molecule has 2 rings (SSSR count). The van der Waals surface area contributed by atoms with E-state index in [0.29, 0.717) is 5.69 Å². The van der Waals surface area contributed by atoms with E-state index in [1.165, 1.54) is 6.20 Å². The van der Waals surface area contributed by atoms with Crippen LogP contribution in [-0.2, 0) is 0 Å². The molecule has 0 saturated carbocycles. The predicted octanol–water partition coefficient (Wildman–Crippen LogP) is 2.87. The quantitative estimate of drug-likeness (QED) is 0.810. The van der Waals surface area contributed by atoms with E-state index in [-0.39, 0.29) is 11.3 Å². The summed E-state index contributed by atoms with van der Waals surface area (Å²) >= 11 is 0. The van der Waals surface area contributed by atoms with E-state index in [0.717, 1.165) is 23.8 Å². The van der Waals surface area contributed by atoms with Gasteiger partial charge in [-0.05, 0) is 36.8 Å². The largest absolute Gasteiger partial charge is 0.478 e. The number of nitrogens with one attached hydrogen (secondary N) is 2. The Labute approximate surface area is 119 Å². The molecule has 1 heterocycles. The second-order valence-corrected chi connectivity index (χ2v) is 4.26. The zero-order chi connectivity index (χ0) is 15.4. The number of nitrogens with zero attached hydrogens (tertiary/aromatic N) is 1. The summed E-state index contributed by atoms with van der Waals surface area (Å²) in [6, 6.07) is 4.07. The van der Waals surface area contributed by atoms with Crippen molar-refractivity contribution in [1.82, 2.24) is 4.98 Å². The maximum absolute atomic E-state index is 13.2. The molecule has 3 N–H and O–H groups in total. The van der Waals surface area contributed by atoms with Gasteiger partial charge in [0.05, 0.1) is 23.1 Å². The molecule has 0 aliphatic heterocycles. The number of aromatic carboxylic acids is 1. The number of hydrogen-bond acceptors (Lipinski definition) is 3. The number of rotatable bonds is 3. The molecule has 1 aromatic heterocycles. The van der Waals surface area contributed by atoms with Crippen LogP contribution in [0, 0.1) is 12.7 Å². The number of aromatic nitrogens is 1. The van der Waals surface area contributed by atoms with Crippen molar-refractivity contribution in [3.8, 4) is 0 Å². The van der Waals surface area contributed by atoms with Crippen molar-refractivity contribution in [3.05, 3.63) is 53.6 Å². The first-order chi connectivity index (χ1) is 9.97. The molecule has 0 spiro atoms. The van der Waals surface area contributed by atoms with E-state index >= 15 is 0 Å². The highest BCUT2D eigenvalue weighted by Crippen LogP contribution is 2.18. The topological polar surface area (TPSA) is 91.3 Å². The molecule has 0 atom stereocenters. The van der Waals surface area contributed by atoms with Gasteiger partial charge in [0.25, 0.3) is 0 Å². The molecule has 0 saturated heterocycles. The molecule has 6 nitrogen and oxygen atoms in total. The summed E-state index contributed by atoms with van der Waals surface area (Å²) < 4.78 is 13.2. The van der Waals surface area contributed by atoms with Crippen LogP contribution in [0.1, 0.15) is 15.9 Å². The van der Waals surface area contributed by atoms with Crippen molar-refractivity contribution < 1.29 is 19.1 Å². The molecule has 1 aromatic carbocycles. The molecule has 0 bridgehead atoms. The van der Waals surface area contributed by atoms with Gasteiger partial charge in [-0.25, -0.2) is 14.0 Å². The number of hydrogen-bond donors (Lipinski definition) is 3. The first-order valence-corrected chi connectivity index (χ1v) is 5.99. The first-order valence-electron chi connectivity index (χ1n) is 5.99. The second-order valence-electron chi connectivity index (χ2n) is 4.26. The lowest BCUT2D eigenvalue weighted by molar-refractivity contribution is 0.0698. The molecule has 0 fully saturated rings. The summed E-state index contributed by atoms with van der Waals surface area (Å²) in [5.41, 5.74) is 0.942. The van der Waals surface area contributed by atoms with Gasteiger partial charge in [-0.1, -0.05) is 0 Å². The van der Waals surface area contributed by atoms with Crippen molar-refractivity contribution in [2.75, 3.05) is 10.6 Å². The summed E-state index contributed by atoms with van der Waals surface area (Å²) in [5.74, 6) is -1.91.